The van der Waals surface area contributed by atoms with Crippen molar-refractivity contribution in [2.45, 2.75) is 13.5 Å². The second-order valence-corrected chi connectivity index (χ2v) is 4.26. The molecule has 0 radical (unpaired) electrons. The van der Waals surface area contributed by atoms with Gasteiger partial charge < -0.3 is 5.32 Å². The van der Waals surface area contributed by atoms with Crippen LogP contribution < -0.4 is 5.32 Å². The molecule has 0 saturated heterocycles. The minimum Gasteiger partial charge on any atom is -0.311 e. The summed E-state index contributed by atoms with van der Waals surface area (Å²) < 4.78 is 1.86. The summed E-state index contributed by atoms with van der Waals surface area (Å²) in [5, 5.41) is 7.79. The van der Waals surface area contributed by atoms with Crippen LogP contribution in [0.1, 0.15) is 12.6 Å². The smallest absolute Gasteiger partial charge is 0.0908 e. The van der Waals surface area contributed by atoms with Gasteiger partial charge in [-0.2, -0.15) is 5.10 Å². The Bertz CT molecular complexity index is 689. The van der Waals surface area contributed by atoms with Crippen molar-refractivity contribution >= 4 is 11.0 Å². The van der Waals surface area contributed by atoms with Crippen LogP contribution in [0.4, 0.5) is 0 Å². The third-order valence-corrected chi connectivity index (χ3v) is 2.92. The average Bonchev–Trinajstić information content (AvgIpc) is 2.93. The molecule has 0 aliphatic carbocycles. The fourth-order valence-corrected chi connectivity index (χ4v) is 1.95. The SMILES string of the molecule is CCNCc1ccn(-c2ccc3nccnc3c2)n1. The van der Waals surface area contributed by atoms with Crippen molar-refractivity contribution in [3.05, 3.63) is 48.5 Å². The third-order valence-electron chi connectivity index (χ3n) is 2.92. The summed E-state index contributed by atoms with van der Waals surface area (Å²) in [5.74, 6) is 0. The fourth-order valence-electron chi connectivity index (χ4n) is 1.95. The van der Waals surface area contributed by atoms with E-state index in [9.17, 15) is 0 Å². The zero-order valence-electron chi connectivity index (χ0n) is 10.7. The van der Waals surface area contributed by atoms with E-state index in [2.05, 4.69) is 27.3 Å². The monoisotopic (exact) mass is 253 g/mol. The molecule has 3 aromatic rings. The Morgan fingerprint density at radius 2 is 1.95 bits per heavy atom. The predicted molar refractivity (Wildman–Crippen MR) is 74.0 cm³/mol. The number of rotatable bonds is 4. The van der Waals surface area contributed by atoms with Crippen LogP contribution in [-0.4, -0.2) is 26.3 Å². The van der Waals surface area contributed by atoms with Crippen LogP contribution in [-0.2, 0) is 6.54 Å². The van der Waals surface area contributed by atoms with Gasteiger partial charge >= 0.3 is 0 Å². The number of nitrogens with one attached hydrogen (secondary N) is 1. The molecule has 0 spiro atoms. The molecule has 3 rings (SSSR count). The molecule has 0 saturated carbocycles. The summed E-state index contributed by atoms with van der Waals surface area (Å²) in [6.45, 7) is 3.81. The molecule has 0 bridgehead atoms. The molecule has 2 heterocycles. The van der Waals surface area contributed by atoms with Crippen molar-refractivity contribution < 1.29 is 0 Å². The number of aromatic nitrogens is 4. The van der Waals surface area contributed by atoms with Crippen LogP contribution in [0, 0.1) is 0 Å². The lowest BCUT2D eigenvalue weighted by Crippen LogP contribution is -2.12. The molecular weight excluding hydrogens is 238 g/mol. The number of hydrogen-bond donors (Lipinski definition) is 1. The van der Waals surface area contributed by atoms with E-state index >= 15 is 0 Å². The van der Waals surface area contributed by atoms with Gasteiger partial charge in [0.25, 0.3) is 0 Å². The zero-order valence-corrected chi connectivity index (χ0v) is 10.7. The van der Waals surface area contributed by atoms with Gasteiger partial charge in [-0.25, -0.2) is 4.68 Å². The molecule has 0 atom stereocenters. The maximum absolute atomic E-state index is 4.53. The fraction of sp³-hybridized carbons (Fsp3) is 0.214. The van der Waals surface area contributed by atoms with E-state index in [0.717, 1.165) is 35.5 Å². The highest BCUT2D eigenvalue weighted by Crippen LogP contribution is 2.14. The van der Waals surface area contributed by atoms with Gasteiger partial charge in [0.15, 0.2) is 0 Å². The van der Waals surface area contributed by atoms with E-state index in [0.29, 0.717) is 0 Å². The van der Waals surface area contributed by atoms with Crippen molar-refractivity contribution in [3.8, 4) is 5.69 Å². The number of nitrogens with zero attached hydrogens (tertiary/aromatic N) is 4. The summed E-state index contributed by atoms with van der Waals surface area (Å²) in [7, 11) is 0. The normalized spacial score (nSPS) is 11.0. The van der Waals surface area contributed by atoms with E-state index in [1.165, 1.54) is 0 Å². The molecular formula is C14H15N5. The first-order valence-electron chi connectivity index (χ1n) is 6.33. The number of benzene rings is 1. The molecule has 2 aromatic heterocycles. The summed E-state index contributed by atoms with van der Waals surface area (Å²) in [5.41, 5.74) is 3.80. The Morgan fingerprint density at radius 3 is 2.79 bits per heavy atom. The molecule has 5 nitrogen and oxygen atoms in total. The Kier molecular flexibility index (Phi) is 3.20. The van der Waals surface area contributed by atoms with Crippen molar-refractivity contribution in [2.24, 2.45) is 0 Å². The molecule has 0 fully saturated rings. The largest absolute Gasteiger partial charge is 0.311 e. The van der Waals surface area contributed by atoms with E-state index in [4.69, 9.17) is 0 Å². The molecule has 1 aromatic carbocycles. The third kappa shape index (κ3) is 2.46. The highest BCUT2D eigenvalue weighted by Gasteiger charge is 2.03. The van der Waals surface area contributed by atoms with Gasteiger partial charge in [0.2, 0.25) is 0 Å². The van der Waals surface area contributed by atoms with E-state index in [1.54, 1.807) is 12.4 Å². The van der Waals surface area contributed by atoms with Gasteiger partial charge in [0.05, 0.1) is 22.4 Å². The van der Waals surface area contributed by atoms with Crippen LogP contribution in [0.3, 0.4) is 0 Å². The average molecular weight is 253 g/mol. The zero-order chi connectivity index (χ0) is 13.1. The second-order valence-electron chi connectivity index (χ2n) is 4.26. The Labute approximate surface area is 111 Å². The lowest BCUT2D eigenvalue weighted by molar-refractivity contribution is 0.697. The minimum atomic E-state index is 0.789. The quantitative estimate of drug-likeness (QED) is 0.772. The summed E-state index contributed by atoms with van der Waals surface area (Å²) >= 11 is 0. The van der Waals surface area contributed by atoms with Crippen LogP contribution in [0.25, 0.3) is 16.7 Å². The molecule has 0 aliphatic heterocycles. The van der Waals surface area contributed by atoms with Gasteiger partial charge in [-0.15, -0.1) is 0 Å². The van der Waals surface area contributed by atoms with Gasteiger partial charge in [0, 0.05) is 25.1 Å². The topological polar surface area (TPSA) is 55.6 Å². The van der Waals surface area contributed by atoms with Gasteiger partial charge in [0.1, 0.15) is 0 Å². The highest BCUT2D eigenvalue weighted by molar-refractivity contribution is 5.76. The maximum atomic E-state index is 4.53. The first kappa shape index (κ1) is 11.8. The molecule has 19 heavy (non-hydrogen) atoms. The van der Waals surface area contributed by atoms with Gasteiger partial charge in [-0.1, -0.05) is 6.92 Å². The number of hydrogen-bond acceptors (Lipinski definition) is 4. The second kappa shape index (κ2) is 5.16. The highest BCUT2D eigenvalue weighted by atomic mass is 15.3. The lowest BCUT2D eigenvalue weighted by atomic mass is 10.2. The van der Waals surface area contributed by atoms with E-state index in [-0.39, 0.29) is 0 Å². The molecule has 0 unspecified atom stereocenters. The lowest BCUT2D eigenvalue weighted by Gasteiger charge is -2.03. The van der Waals surface area contributed by atoms with Crippen molar-refractivity contribution in [3.63, 3.8) is 0 Å². The van der Waals surface area contributed by atoms with Crippen LogP contribution in [0.2, 0.25) is 0 Å². The first-order chi connectivity index (χ1) is 9.36. The Balaban J connectivity index is 1.92. The van der Waals surface area contributed by atoms with Crippen molar-refractivity contribution in [1.29, 1.82) is 0 Å². The molecule has 0 amide bonds. The molecule has 1 N–H and O–H groups in total. The van der Waals surface area contributed by atoms with Crippen LogP contribution >= 0.6 is 0 Å². The summed E-state index contributed by atoms with van der Waals surface area (Å²) in [6, 6.07) is 7.97. The van der Waals surface area contributed by atoms with Crippen molar-refractivity contribution in [1.82, 2.24) is 25.1 Å². The molecule has 96 valence electrons. The predicted octanol–water partition coefficient (Wildman–Crippen LogP) is 1.92. The van der Waals surface area contributed by atoms with Crippen LogP contribution in [0.5, 0.6) is 0 Å². The van der Waals surface area contributed by atoms with Crippen LogP contribution in [0.15, 0.2) is 42.9 Å². The van der Waals surface area contributed by atoms with E-state index < -0.39 is 0 Å². The summed E-state index contributed by atoms with van der Waals surface area (Å²) in [6.07, 6.45) is 5.36. The number of fused-ring (bicyclic) bond motifs is 1. The Hall–Kier alpha value is -2.27. The minimum absolute atomic E-state index is 0.789. The standard InChI is InChI=1S/C14H15N5/c1-2-15-10-11-5-8-19(18-11)12-3-4-13-14(9-12)17-7-6-16-13/h3-9,15H,2,10H2,1H3. The van der Waals surface area contributed by atoms with Gasteiger partial charge in [-0.05, 0) is 30.8 Å². The van der Waals surface area contributed by atoms with Crippen molar-refractivity contribution in [2.75, 3.05) is 6.54 Å². The molecule has 5 heteroatoms. The van der Waals surface area contributed by atoms with Gasteiger partial charge in [-0.3, -0.25) is 9.97 Å². The van der Waals surface area contributed by atoms with E-state index in [1.807, 2.05) is 35.1 Å². The first-order valence-corrected chi connectivity index (χ1v) is 6.33. The Morgan fingerprint density at radius 1 is 1.11 bits per heavy atom. The molecule has 0 aliphatic rings. The summed E-state index contributed by atoms with van der Waals surface area (Å²) in [4.78, 5) is 8.57. The maximum Gasteiger partial charge on any atom is 0.0908 e.